The maximum atomic E-state index is 11.6. The Morgan fingerprint density at radius 3 is 2.50 bits per heavy atom. The number of carbonyl (C=O) groups excluding carboxylic acids is 1. The third kappa shape index (κ3) is 2.69. The number of nitrogens with one attached hydrogen (secondary N) is 1. The molecule has 0 aromatic heterocycles. The van der Waals surface area contributed by atoms with Crippen LogP contribution >= 0.6 is 0 Å². The van der Waals surface area contributed by atoms with Crippen LogP contribution in [0.5, 0.6) is 0 Å². The molecule has 2 fully saturated rings. The molecule has 2 N–H and O–H groups in total. The van der Waals surface area contributed by atoms with Gasteiger partial charge in [0.2, 0.25) is 5.91 Å². The largest absolute Gasteiger partial charge is 0.393 e. The topological polar surface area (TPSA) is 52.6 Å². The van der Waals surface area contributed by atoms with Gasteiger partial charge in [-0.25, -0.2) is 0 Å². The number of nitrogens with zero attached hydrogens (tertiary/aromatic N) is 1. The minimum absolute atomic E-state index is 0.184. The number of piperidine rings is 1. The average molecular weight is 198 g/mol. The van der Waals surface area contributed by atoms with Gasteiger partial charge in [-0.05, 0) is 25.7 Å². The Morgan fingerprint density at radius 1 is 1.29 bits per heavy atom. The summed E-state index contributed by atoms with van der Waals surface area (Å²) in [5.41, 5.74) is 0. The number of amides is 1. The van der Waals surface area contributed by atoms with Crippen LogP contribution in [-0.4, -0.2) is 47.7 Å². The Hall–Kier alpha value is -0.610. The summed E-state index contributed by atoms with van der Waals surface area (Å²) in [4.78, 5) is 13.5. The van der Waals surface area contributed by atoms with Crippen molar-refractivity contribution in [2.45, 2.75) is 37.8 Å². The van der Waals surface area contributed by atoms with Crippen LogP contribution < -0.4 is 5.32 Å². The predicted octanol–water partition coefficient (Wildman–Crippen LogP) is -0.278. The van der Waals surface area contributed by atoms with Crippen molar-refractivity contribution in [3.05, 3.63) is 0 Å². The molecule has 0 aromatic carbocycles. The minimum Gasteiger partial charge on any atom is -0.393 e. The third-order valence-corrected chi connectivity index (χ3v) is 2.94. The summed E-state index contributed by atoms with van der Waals surface area (Å²) >= 11 is 0. The Morgan fingerprint density at radius 2 is 1.93 bits per heavy atom. The number of likely N-dealkylation sites (tertiary alicyclic amines) is 1. The molecule has 0 radical (unpaired) electrons. The van der Waals surface area contributed by atoms with Gasteiger partial charge in [0.05, 0.1) is 12.6 Å². The molecule has 14 heavy (non-hydrogen) atoms. The van der Waals surface area contributed by atoms with E-state index in [1.807, 2.05) is 4.90 Å². The molecule has 2 rings (SSSR count). The molecule has 1 amide bonds. The van der Waals surface area contributed by atoms with E-state index in [-0.39, 0.29) is 12.0 Å². The molecular weight excluding hydrogens is 180 g/mol. The average Bonchev–Trinajstić information content (AvgIpc) is 2.99. The molecule has 1 saturated carbocycles. The highest BCUT2D eigenvalue weighted by atomic mass is 16.3. The lowest BCUT2D eigenvalue weighted by atomic mass is 10.1. The zero-order valence-electron chi connectivity index (χ0n) is 8.41. The van der Waals surface area contributed by atoms with E-state index in [0.29, 0.717) is 25.7 Å². The fourth-order valence-electron chi connectivity index (χ4n) is 1.75. The standard InChI is InChI=1S/C10H18N2O2/c13-9-3-5-12(6-4-9)10(14)7-11-8-1-2-8/h8-9,11,13H,1-7H2. The van der Waals surface area contributed by atoms with Crippen molar-refractivity contribution in [1.82, 2.24) is 10.2 Å². The summed E-state index contributed by atoms with van der Waals surface area (Å²) in [5, 5.41) is 12.5. The Balaban J connectivity index is 1.68. The van der Waals surface area contributed by atoms with Crippen LogP contribution in [0.3, 0.4) is 0 Å². The van der Waals surface area contributed by atoms with E-state index >= 15 is 0 Å². The Kier molecular flexibility index (Phi) is 3.03. The van der Waals surface area contributed by atoms with Crippen LogP contribution in [0.2, 0.25) is 0 Å². The second-order valence-electron chi connectivity index (χ2n) is 4.27. The first-order valence-corrected chi connectivity index (χ1v) is 5.45. The summed E-state index contributed by atoms with van der Waals surface area (Å²) in [6, 6.07) is 0.592. The van der Waals surface area contributed by atoms with Crippen LogP contribution in [0.1, 0.15) is 25.7 Å². The molecule has 1 saturated heterocycles. The van der Waals surface area contributed by atoms with E-state index in [0.717, 1.165) is 12.8 Å². The van der Waals surface area contributed by atoms with Crippen molar-refractivity contribution in [2.75, 3.05) is 19.6 Å². The number of hydrogen-bond donors (Lipinski definition) is 2. The molecular formula is C10H18N2O2. The Labute approximate surface area is 84.3 Å². The van der Waals surface area contributed by atoms with Gasteiger partial charge < -0.3 is 15.3 Å². The lowest BCUT2D eigenvalue weighted by Gasteiger charge is -2.29. The molecule has 4 nitrogen and oxygen atoms in total. The monoisotopic (exact) mass is 198 g/mol. The van der Waals surface area contributed by atoms with Gasteiger partial charge in [0.15, 0.2) is 0 Å². The second kappa shape index (κ2) is 4.28. The third-order valence-electron chi connectivity index (χ3n) is 2.94. The van der Waals surface area contributed by atoms with Crippen molar-refractivity contribution in [3.63, 3.8) is 0 Å². The van der Waals surface area contributed by atoms with Gasteiger partial charge >= 0.3 is 0 Å². The van der Waals surface area contributed by atoms with Gasteiger partial charge in [0.1, 0.15) is 0 Å². The SMILES string of the molecule is O=C(CNC1CC1)N1CCC(O)CC1. The molecule has 0 bridgehead atoms. The highest BCUT2D eigenvalue weighted by Crippen LogP contribution is 2.18. The fourth-order valence-corrected chi connectivity index (χ4v) is 1.75. The van der Waals surface area contributed by atoms with Crippen LogP contribution in [0.4, 0.5) is 0 Å². The van der Waals surface area contributed by atoms with Gasteiger partial charge in [-0.1, -0.05) is 0 Å². The quantitative estimate of drug-likeness (QED) is 0.656. The molecule has 0 unspecified atom stereocenters. The molecule has 4 heteroatoms. The summed E-state index contributed by atoms with van der Waals surface area (Å²) in [6.45, 7) is 1.90. The number of carbonyl (C=O) groups is 1. The van der Waals surface area contributed by atoms with Crippen molar-refractivity contribution < 1.29 is 9.90 Å². The highest BCUT2D eigenvalue weighted by Gasteiger charge is 2.24. The van der Waals surface area contributed by atoms with E-state index in [1.54, 1.807) is 0 Å². The summed E-state index contributed by atoms with van der Waals surface area (Å²) in [6.07, 6.45) is 3.69. The van der Waals surface area contributed by atoms with E-state index in [2.05, 4.69) is 5.32 Å². The molecule has 0 spiro atoms. The zero-order chi connectivity index (χ0) is 9.97. The van der Waals surface area contributed by atoms with Crippen LogP contribution in [0.25, 0.3) is 0 Å². The number of aliphatic hydroxyl groups excluding tert-OH is 1. The highest BCUT2D eigenvalue weighted by molar-refractivity contribution is 5.78. The van der Waals surface area contributed by atoms with Gasteiger partial charge in [-0.15, -0.1) is 0 Å². The summed E-state index contributed by atoms with van der Waals surface area (Å²) in [7, 11) is 0. The number of rotatable bonds is 3. The van der Waals surface area contributed by atoms with E-state index in [4.69, 9.17) is 0 Å². The summed E-state index contributed by atoms with van der Waals surface area (Å²) in [5.74, 6) is 0.184. The van der Waals surface area contributed by atoms with Crippen molar-refractivity contribution in [3.8, 4) is 0 Å². The van der Waals surface area contributed by atoms with Crippen molar-refractivity contribution in [1.29, 1.82) is 0 Å². The first-order chi connectivity index (χ1) is 6.75. The van der Waals surface area contributed by atoms with Gasteiger partial charge in [-0.2, -0.15) is 0 Å². The van der Waals surface area contributed by atoms with Gasteiger partial charge in [-0.3, -0.25) is 4.79 Å². The number of aliphatic hydroxyl groups is 1. The molecule has 1 heterocycles. The van der Waals surface area contributed by atoms with Crippen molar-refractivity contribution >= 4 is 5.91 Å². The zero-order valence-corrected chi connectivity index (χ0v) is 8.41. The molecule has 1 aliphatic carbocycles. The predicted molar refractivity (Wildman–Crippen MR) is 52.8 cm³/mol. The van der Waals surface area contributed by atoms with Crippen LogP contribution in [-0.2, 0) is 4.79 Å². The van der Waals surface area contributed by atoms with E-state index in [9.17, 15) is 9.90 Å². The Bertz CT molecular complexity index is 208. The molecule has 2 aliphatic rings. The molecule has 0 aromatic rings. The van der Waals surface area contributed by atoms with Crippen molar-refractivity contribution in [2.24, 2.45) is 0 Å². The van der Waals surface area contributed by atoms with Crippen LogP contribution in [0, 0.1) is 0 Å². The van der Waals surface area contributed by atoms with Gasteiger partial charge in [0, 0.05) is 19.1 Å². The first kappa shape index (κ1) is 9.93. The molecule has 1 aliphatic heterocycles. The number of hydrogen-bond acceptors (Lipinski definition) is 3. The van der Waals surface area contributed by atoms with Gasteiger partial charge in [0.25, 0.3) is 0 Å². The summed E-state index contributed by atoms with van der Waals surface area (Å²) < 4.78 is 0. The second-order valence-corrected chi connectivity index (χ2v) is 4.27. The maximum absolute atomic E-state index is 11.6. The smallest absolute Gasteiger partial charge is 0.236 e. The first-order valence-electron chi connectivity index (χ1n) is 5.45. The molecule has 0 atom stereocenters. The van der Waals surface area contributed by atoms with Crippen LogP contribution in [0.15, 0.2) is 0 Å². The maximum Gasteiger partial charge on any atom is 0.236 e. The lowest BCUT2D eigenvalue weighted by molar-refractivity contribution is -0.132. The fraction of sp³-hybridized carbons (Fsp3) is 0.900. The van der Waals surface area contributed by atoms with E-state index in [1.165, 1.54) is 12.8 Å². The molecule has 80 valence electrons. The normalized spacial score (nSPS) is 23.9. The lowest BCUT2D eigenvalue weighted by Crippen LogP contribution is -2.44. The van der Waals surface area contributed by atoms with E-state index < -0.39 is 0 Å². The minimum atomic E-state index is -0.199.